The van der Waals surface area contributed by atoms with Gasteiger partial charge in [-0.05, 0) is 37.6 Å². The maximum absolute atomic E-state index is 12.3. The van der Waals surface area contributed by atoms with E-state index in [4.69, 9.17) is 11.6 Å². The molecule has 0 aliphatic heterocycles. The minimum absolute atomic E-state index is 0.0858. The summed E-state index contributed by atoms with van der Waals surface area (Å²) < 4.78 is 1.81. The normalized spacial score (nSPS) is 12.5. The van der Waals surface area contributed by atoms with Crippen molar-refractivity contribution in [2.75, 3.05) is 6.54 Å². The Morgan fingerprint density at radius 1 is 1.32 bits per heavy atom. The number of benzene rings is 1. The smallest absolute Gasteiger partial charge is 0.252 e. The molecule has 3 aromatic rings. The van der Waals surface area contributed by atoms with E-state index in [0.29, 0.717) is 16.1 Å². The van der Waals surface area contributed by atoms with Gasteiger partial charge < -0.3 is 10.4 Å². The molecule has 6 nitrogen and oxygen atoms in total. The van der Waals surface area contributed by atoms with Crippen molar-refractivity contribution in [3.63, 3.8) is 0 Å². The molecule has 130 valence electrons. The number of hydrogen-bond acceptors (Lipinski definition) is 4. The molecular weight excluding hydrogens is 340 g/mol. The maximum atomic E-state index is 12.3. The predicted molar refractivity (Wildman–Crippen MR) is 96.7 cm³/mol. The Balaban J connectivity index is 1.70. The van der Waals surface area contributed by atoms with Gasteiger partial charge >= 0.3 is 0 Å². The second kappa shape index (κ2) is 7.21. The first-order chi connectivity index (χ1) is 12.0. The van der Waals surface area contributed by atoms with Crippen LogP contribution in [-0.2, 0) is 0 Å². The van der Waals surface area contributed by atoms with Crippen LogP contribution in [0.25, 0.3) is 11.0 Å². The summed E-state index contributed by atoms with van der Waals surface area (Å²) in [6.07, 6.45) is 2.38. The standard InChI is InChI=1S/C18H19ClN4O2/c1-11(2)23-17-13(9-22-23)6-14(8-20-17)18(25)21-10-16(24)12-4-3-5-15(19)7-12/h3-9,11,16,24H,10H2,1-2H3,(H,21,25)/t16-/m0/s1. The van der Waals surface area contributed by atoms with Gasteiger partial charge in [0, 0.05) is 29.2 Å². The summed E-state index contributed by atoms with van der Waals surface area (Å²) in [7, 11) is 0. The maximum Gasteiger partial charge on any atom is 0.252 e. The number of carbonyl (C=O) groups is 1. The van der Waals surface area contributed by atoms with Crippen LogP contribution in [0.5, 0.6) is 0 Å². The zero-order valence-corrected chi connectivity index (χ0v) is 14.7. The van der Waals surface area contributed by atoms with Crippen molar-refractivity contribution in [2.24, 2.45) is 0 Å². The van der Waals surface area contributed by atoms with Gasteiger partial charge in [0.25, 0.3) is 5.91 Å². The average Bonchev–Trinajstić information content (AvgIpc) is 3.02. The van der Waals surface area contributed by atoms with Gasteiger partial charge in [0.05, 0.1) is 17.9 Å². The van der Waals surface area contributed by atoms with Crippen LogP contribution in [0.15, 0.2) is 42.7 Å². The minimum Gasteiger partial charge on any atom is -0.387 e. The second-order valence-electron chi connectivity index (χ2n) is 6.10. The van der Waals surface area contributed by atoms with Crippen molar-refractivity contribution >= 4 is 28.5 Å². The summed E-state index contributed by atoms with van der Waals surface area (Å²) >= 11 is 5.91. The van der Waals surface area contributed by atoms with Crippen LogP contribution in [0, 0.1) is 0 Å². The van der Waals surface area contributed by atoms with Crippen molar-refractivity contribution in [2.45, 2.75) is 26.0 Å². The third-order valence-corrected chi connectivity index (χ3v) is 4.11. The molecule has 0 unspecified atom stereocenters. The molecule has 0 fully saturated rings. The Labute approximate surface area is 150 Å². The van der Waals surface area contributed by atoms with E-state index < -0.39 is 6.10 Å². The number of amides is 1. The molecule has 3 rings (SSSR count). The number of fused-ring (bicyclic) bond motifs is 1. The van der Waals surface area contributed by atoms with Gasteiger partial charge in [-0.2, -0.15) is 5.10 Å². The van der Waals surface area contributed by atoms with Gasteiger partial charge in [-0.1, -0.05) is 23.7 Å². The molecule has 0 bridgehead atoms. The largest absolute Gasteiger partial charge is 0.387 e. The zero-order chi connectivity index (χ0) is 18.0. The highest BCUT2D eigenvalue weighted by molar-refractivity contribution is 6.30. The number of nitrogens with zero attached hydrogens (tertiary/aromatic N) is 3. The molecule has 2 aromatic heterocycles. The highest BCUT2D eigenvalue weighted by atomic mass is 35.5. The molecule has 7 heteroatoms. The highest BCUT2D eigenvalue weighted by Crippen LogP contribution is 2.18. The van der Waals surface area contributed by atoms with E-state index in [-0.39, 0.29) is 18.5 Å². The number of aliphatic hydroxyl groups is 1. The third-order valence-electron chi connectivity index (χ3n) is 3.87. The van der Waals surface area contributed by atoms with E-state index in [0.717, 1.165) is 11.0 Å². The number of aliphatic hydroxyl groups excluding tert-OH is 1. The van der Waals surface area contributed by atoms with Crippen LogP contribution in [0.1, 0.15) is 41.9 Å². The molecule has 0 saturated carbocycles. The fourth-order valence-corrected chi connectivity index (χ4v) is 2.76. The lowest BCUT2D eigenvalue weighted by Crippen LogP contribution is -2.28. The van der Waals surface area contributed by atoms with Gasteiger partial charge in [-0.15, -0.1) is 0 Å². The number of pyridine rings is 1. The van der Waals surface area contributed by atoms with E-state index in [1.54, 1.807) is 41.2 Å². The molecule has 2 heterocycles. The van der Waals surface area contributed by atoms with E-state index in [1.807, 2.05) is 13.8 Å². The van der Waals surface area contributed by atoms with Gasteiger partial charge in [-0.25, -0.2) is 9.67 Å². The molecule has 1 amide bonds. The highest BCUT2D eigenvalue weighted by Gasteiger charge is 2.14. The quantitative estimate of drug-likeness (QED) is 0.734. The Kier molecular flexibility index (Phi) is 5.01. The summed E-state index contributed by atoms with van der Waals surface area (Å²) in [4.78, 5) is 16.7. The van der Waals surface area contributed by atoms with Crippen molar-refractivity contribution in [1.82, 2.24) is 20.1 Å². The molecule has 25 heavy (non-hydrogen) atoms. The van der Waals surface area contributed by atoms with E-state index in [1.165, 1.54) is 6.20 Å². The number of rotatable bonds is 5. The summed E-state index contributed by atoms with van der Waals surface area (Å²) in [5.41, 5.74) is 1.82. The molecule has 2 N–H and O–H groups in total. The molecule has 0 aliphatic carbocycles. The van der Waals surface area contributed by atoms with Crippen LogP contribution in [0.2, 0.25) is 5.02 Å². The van der Waals surface area contributed by atoms with Crippen LogP contribution in [-0.4, -0.2) is 32.3 Å². The van der Waals surface area contributed by atoms with Gasteiger partial charge in [0.2, 0.25) is 0 Å². The summed E-state index contributed by atoms with van der Waals surface area (Å²) in [6, 6.07) is 8.86. The SMILES string of the molecule is CC(C)n1ncc2cc(C(=O)NC[C@H](O)c3cccc(Cl)c3)cnc21. The Morgan fingerprint density at radius 2 is 2.12 bits per heavy atom. The first-order valence-electron chi connectivity index (χ1n) is 8.00. The van der Waals surface area contributed by atoms with Crippen molar-refractivity contribution in [3.05, 3.63) is 58.9 Å². The number of carbonyl (C=O) groups excluding carboxylic acids is 1. The molecule has 0 spiro atoms. The Hall–Kier alpha value is -2.44. The number of hydrogen-bond donors (Lipinski definition) is 2. The topological polar surface area (TPSA) is 80.0 Å². The second-order valence-corrected chi connectivity index (χ2v) is 6.54. The number of halogens is 1. The van der Waals surface area contributed by atoms with Crippen LogP contribution >= 0.6 is 11.6 Å². The summed E-state index contributed by atoms with van der Waals surface area (Å²) in [6.45, 7) is 4.13. The van der Waals surface area contributed by atoms with Crippen molar-refractivity contribution in [3.8, 4) is 0 Å². The first kappa shape index (κ1) is 17.4. The Morgan fingerprint density at radius 3 is 2.84 bits per heavy atom. The van der Waals surface area contributed by atoms with Gasteiger partial charge in [-0.3, -0.25) is 4.79 Å². The summed E-state index contributed by atoms with van der Waals surface area (Å²) in [5.74, 6) is -0.298. The van der Waals surface area contributed by atoms with E-state index >= 15 is 0 Å². The van der Waals surface area contributed by atoms with E-state index in [9.17, 15) is 9.90 Å². The molecule has 0 aliphatic rings. The first-order valence-corrected chi connectivity index (χ1v) is 8.38. The fraction of sp³-hybridized carbons (Fsp3) is 0.278. The lowest BCUT2D eigenvalue weighted by atomic mass is 10.1. The Bertz CT molecular complexity index is 907. The van der Waals surface area contributed by atoms with Crippen LogP contribution in [0.4, 0.5) is 0 Å². The lowest BCUT2D eigenvalue weighted by Gasteiger charge is -2.12. The number of aromatic nitrogens is 3. The molecule has 1 atom stereocenters. The zero-order valence-electron chi connectivity index (χ0n) is 14.0. The lowest BCUT2D eigenvalue weighted by molar-refractivity contribution is 0.0916. The van der Waals surface area contributed by atoms with Gasteiger partial charge in [0.15, 0.2) is 5.65 Å². The summed E-state index contributed by atoms with van der Waals surface area (Å²) in [5, 5.41) is 18.5. The van der Waals surface area contributed by atoms with Crippen molar-refractivity contribution < 1.29 is 9.90 Å². The van der Waals surface area contributed by atoms with Gasteiger partial charge in [0.1, 0.15) is 0 Å². The number of nitrogens with one attached hydrogen (secondary N) is 1. The predicted octanol–water partition coefficient (Wildman–Crippen LogP) is 3.13. The van der Waals surface area contributed by atoms with Crippen molar-refractivity contribution in [1.29, 1.82) is 0 Å². The molecule has 1 aromatic carbocycles. The monoisotopic (exact) mass is 358 g/mol. The third kappa shape index (κ3) is 3.81. The molecule has 0 radical (unpaired) electrons. The minimum atomic E-state index is -0.831. The fourth-order valence-electron chi connectivity index (χ4n) is 2.57. The molecule has 0 saturated heterocycles. The van der Waals surface area contributed by atoms with E-state index in [2.05, 4.69) is 15.4 Å². The average molecular weight is 359 g/mol. The van der Waals surface area contributed by atoms with Crippen LogP contribution in [0.3, 0.4) is 0 Å². The molecular formula is C18H19ClN4O2. The van der Waals surface area contributed by atoms with Crippen LogP contribution < -0.4 is 5.32 Å².